The van der Waals surface area contributed by atoms with Crippen molar-refractivity contribution in [2.75, 3.05) is 13.6 Å². The summed E-state index contributed by atoms with van der Waals surface area (Å²) in [4.78, 5) is 11.5. The zero-order valence-corrected chi connectivity index (χ0v) is 16.1. The molecule has 0 saturated carbocycles. The number of hydrogen-bond acceptors (Lipinski definition) is 6. The van der Waals surface area contributed by atoms with Crippen LogP contribution in [0.4, 0.5) is 5.69 Å². The van der Waals surface area contributed by atoms with E-state index in [1.807, 2.05) is 6.07 Å². The molecule has 0 radical (unpaired) electrons. The maximum absolute atomic E-state index is 11.5. The summed E-state index contributed by atoms with van der Waals surface area (Å²) in [5.74, 6) is -0.710. The second-order valence-electron chi connectivity index (χ2n) is 4.60. The van der Waals surface area contributed by atoms with Gasteiger partial charge in [-0.15, -0.1) is 5.11 Å². The van der Waals surface area contributed by atoms with Crippen LogP contribution in [0.1, 0.15) is 6.92 Å². The fraction of sp³-hybridized carbons (Fsp3) is 0.308. The van der Waals surface area contributed by atoms with Crippen molar-refractivity contribution in [3.05, 3.63) is 42.5 Å². The van der Waals surface area contributed by atoms with E-state index in [-0.39, 0.29) is 41.7 Å². The SMILES string of the molecule is C=C(C)C(=O)NC(CN(C)N=Nc1ccccc1)S(=O)(=O)[O-].[Na+]. The predicted octanol–water partition coefficient (Wildman–Crippen LogP) is -1.82. The van der Waals surface area contributed by atoms with Crippen molar-refractivity contribution < 1.29 is 47.3 Å². The van der Waals surface area contributed by atoms with Crippen LogP contribution in [-0.2, 0) is 14.9 Å². The Hall–Kier alpha value is -1.26. The molecule has 8 nitrogen and oxygen atoms in total. The summed E-state index contributed by atoms with van der Waals surface area (Å²) in [7, 11) is -3.30. The van der Waals surface area contributed by atoms with Gasteiger partial charge in [-0.25, -0.2) is 8.42 Å². The van der Waals surface area contributed by atoms with Gasteiger partial charge in [0.15, 0.2) is 0 Å². The van der Waals surface area contributed by atoms with Crippen LogP contribution in [0.15, 0.2) is 52.8 Å². The second-order valence-corrected chi connectivity index (χ2v) is 6.16. The molecule has 0 aliphatic heterocycles. The first kappa shape index (κ1) is 21.7. The number of rotatable bonds is 7. The Morgan fingerprint density at radius 2 is 1.96 bits per heavy atom. The molecule has 10 heteroatoms. The first-order valence-electron chi connectivity index (χ1n) is 6.29. The number of hydrogen-bond donors (Lipinski definition) is 1. The van der Waals surface area contributed by atoms with E-state index in [1.165, 1.54) is 14.0 Å². The fourth-order valence-corrected chi connectivity index (χ4v) is 2.03. The average Bonchev–Trinajstić information content (AvgIpc) is 2.44. The third-order valence-electron chi connectivity index (χ3n) is 2.53. The van der Waals surface area contributed by atoms with Gasteiger partial charge in [0.2, 0.25) is 5.91 Å². The third-order valence-corrected chi connectivity index (χ3v) is 3.49. The molecule has 1 aromatic rings. The minimum absolute atomic E-state index is 0. The summed E-state index contributed by atoms with van der Waals surface area (Å²) < 4.78 is 33.6. The molecule has 0 saturated heterocycles. The summed E-state index contributed by atoms with van der Waals surface area (Å²) in [6.45, 7) is 4.45. The van der Waals surface area contributed by atoms with Gasteiger partial charge in [0.1, 0.15) is 15.5 Å². The van der Waals surface area contributed by atoms with E-state index in [9.17, 15) is 17.8 Å². The van der Waals surface area contributed by atoms with Crippen LogP contribution in [0.5, 0.6) is 0 Å². The fourth-order valence-electron chi connectivity index (χ4n) is 1.38. The number of likely N-dealkylation sites (N-methyl/N-ethyl adjacent to an activating group) is 1. The van der Waals surface area contributed by atoms with Gasteiger partial charge in [-0.3, -0.25) is 9.80 Å². The Labute approximate surface area is 157 Å². The van der Waals surface area contributed by atoms with E-state index in [4.69, 9.17) is 0 Å². The molecule has 0 aliphatic rings. The number of carbonyl (C=O) groups excluding carboxylic acids is 1. The molecule has 1 unspecified atom stereocenters. The number of carbonyl (C=O) groups is 1. The van der Waals surface area contributed by atoms with Gasteiger partial charge < -0.3 is 9.87 Å². The molecule has 1 amide bonds. The minimum Gasteiger partial charge on any atom is -0.746 e. The van der Waals surface area contributed by atoms with E-state index in [1.54, 1.807) is 24.3 Å². The van der Waals surface area contributed by atoms with Gasteiger partial charge in [-0.05, 0) is 19.1 Å². The molecule has 0 spiro atoms. The maximum Gasteiger partial charge on any atom is 1.00 e. The number of nitrogens with zero attached hydrogens (tertiary/aromatic N) is 3. The van der Waals surface area contributed by atoms with Crippen molar-refractivity contribution in [3.63, 3.8) is 0 Å². The standard InChI is InChI=1S/C13H18N4O4S.Na/c1-10(2)13(18)14-12(22(19,20)21)9-17(3)16-15-11-7-5-4-6-8-11;/h4-8,12H,1,9H2,2-3H3,(H,14,18)(H,19,20,21);/q;+1/p-1. The van der Waals surface area contributed by atoms with Crippen LogP contribution in [0.3, 0.4) is 0 Å². The molecule has 0 aromatic heterocycles. The summed E-state index contributed by atoms with van der Waals surface area (Å²) in [6, 6.07) is 8.78. The summed E-state index contributed by atoms with van der Waals surface area (Å²) >= 11 is 0. The molecule has 0 fully saturated rings. The molecule has 23 heavy (non-hydrogen) atoms. The van der Waals surface area contributed by atoms with E-state index < -0.39 is 21.4 Å². The average molecular weight is 348 g/mol. The first-order chi connectivity index (χ1) is 10.2. The second kappa shape index (κ2) is 9.78. The van der Waals surface area contributed by atoms with E-state index >= 15 is 0 Å². The van der Waals surface area contributed by atoms with Gasteiger partial charge in [0, 0.05) is 12.6 Å². The molecular formula is C13H17N4NaO4S. The zero-order valence-electron chi connectivity index (χ0n) is 13.3. The van der Waals surface area contributed by atoms with Crippen LogP contribution < -0.4 is 34.9 Å². The zero-order chi connectivity index (χ0) is 16.8. The molecular weight excluding hydrogens is 331 g/mol. The minimum atomic E-state index is -4.74. The summed E-state index contributed by atoms with van der Waals surface area (Å²) in [5.41, 5.74) is 0.670. The predicted molar refractivity (Wildman–Crippen MR) is 80.0 cm³/mol. The molecule has 1 rings (SSSR count). The number of nitrogens with one attached hydrogen (secondary N) is 1. The van der Waals surface area contributed by atoms with Gasteiger partial charge in [0.05, 0.1) is 12.2 Å². The van der Waals surface area contributed by atoms with Crippen LogP contribution in [0, 0.1) is 0 Å². The molecule has 1 atom stereocenters. The van der Waals surface area contributed by atoms with Crippen LogP contribution in [0.25, 0.3) is 0 Å². The van der Waals surface area contributed by atoms with Crippen molar-refractivity contribution in [3.8, 4) is 0 Å². The Bertz CT molecular complexity index is 664. The van der Waals surface area contributed by atoms with Crippen LogP contribution in [-0.4, -0.2) is 42.9 Å². The molecule has 1 N–H and O–H groups in total. The number of benzene rings is 1. The first-order valence-corrected chi connectivity index (χ1v) is 7.76. The van der Waals surface area contributed by atoms with Crippen molar-refractivity contribution in [2.45, 2.75) is 12.3 Å². The Kier molecular flexibility index (Phi) is 9.25. The van der Waals surface area contributed by atoms with Crippen molar-refractivity contribution >= 4 is 21.7 Å². The van der Waals surface area contributed by atoms with Gasteiger partial charge in [-0.2, -0.15) is 0 Å². The Balaban J connectivity index is 0.00000484. The number of amides is 1. The Morgan fingerprint density at radius 1 is 1.39 bits per heavy atom. The summed E-state index contributed by atoms with van der Waals surface area (Å²) in [5, 5.41) is 9.28. The maximum atomic E-state index is 11.5. The van der Waals surface area contributed by atoms with Crippen molar-refractivity contribution in [2.24, 2.45) is 10.3 Å². The van der Waals surface area contributed by atoms with Gasteiger partial charge in [-0.1, -0.05) is 30.0 Å². The summed E-state index contributed by atoms with van der Waals surface area (Å²) in [6.07, 6.45) is 0. The van der Waals surface area contributed by atoms with Crippen LogP contribution >= 0.6 is 0 Å². The third kappa shape index (κ3) is 8.24. The van der Waals surface area contributed by atoms with E-state index in [2.05, 4.69) is 22.2 Å². The Morgan fingerprint density at radius 3 is 2.43 bits per heavy atom. The van der Waals surface area contributed by atoms with Crippen LogP contribution in [0.2, 0.25) is 0 Å². The quantitative estimate of drug-likeness (QED) is 0.205. The molecule has 1 aromatic carbocycles. The smallest absolute Gasteiger partial charge is 0.746 e. The van der Waals surface area contributed by atoms with E-state index in [0.29, 0.717) is 5.69 Å². The normalized spacial score (nSPS) is 12.3. The topological polar surface area (TPSA) is 114 Å². The van der Waals surface area contributed by atoms with Crippen molar-refractivity contribution in [1.29, 1.82) is 0 Å². The largest absolute Gasteiger partial charge is 1.00 e. The molecule has 0 bridgehead atoms. The van der Waals surface area contributed by atoms with Gasteiger partial charge >= 0.3 is 29.6 Å². The molecule has 120 valence electrons. The van der Waals surface area contributed by atoms with Gasteiger partial charge in [0.25, 0.3) is 0 Å². The van der Waals surface area contributed by atoms with Crippen molar-refractivity contribution in [1.82, 2.24) is 10.3 Å². The molecule has 0 aliphatic carbocycles. The van der Waals surface area contributed by atoms with E-state index in [0.717, 1.165) is 5.01 Å². The monoisotopic (exact) mass is 348 g/mol. The molecule has 0 heterocycles.